The number of carbonyl (C=O) groups excluding carboxylic acids is 1. The number of methoxy groups -OCH3 is 1. The Kier molecular flexibility index (Phi) is 7.78. The highest BCUT2D eigenvalue weighted by molar-refractivity contribution is 5.78. The summed E-state index contributed by atoms with van der Waals surface area (Å²) in [5, 5.41) is 9.60. The molecule has 0 aliphatic rings. The monoisotopic (exact) mass is 308 g/mol. The third-order valence-corrected chi connectivity index (χ3v) is 4.06. The van der Waals surface area contributed by atoms with Crippen LogP contribution in [0, 0.1) is 5.92 Å². The van der Waals surface area contributed by atoms with E-state index in [2.05, 4.69) is 13.8 Å². The molecule has 0 spiro atoms. The SMILES string of the molecule is CCCCC(CC)COC(=O)C(C)c1ccc(O)c(OC)c1. The van der Waals surface area contributed by atoms with Crippen LogP contribution in [-0.2, 0) is 9.53 Å². The van der Waals surface area contributed by atoms with Crippen molar-refractivity contribution in [3.63, 3.8) is 0 Å². The van der Waals surface area contributed by atoms with Gasteiger partial charge in [-0.2, -0.15) is 0 Å². The van der Waals surface area contributed by atoms with Gasteiger partial charge in [-0.15, -0.1) is 0 Å². The van der Waals surface area contributed by atoms with Gasteiger partial charge in [0.25, 0.3) is 0 Å². The lowest BCUT2D eigenvalue weighted by Crippen LogP contribution is -2.18. The summed E-state index contributed by atoms with van der Waals surface area (Å²) < 4.78 is 10.5. The number of aromatic hydroxyl groups is 1. The fourth-order valence-electron chi connectivity index (χ4n) is 2.32. The predicted octanol–water partition coefficient (Wildman–Crippen LogP) is 4.26. The summed E-state index contributed by atoms with van der Waals surface area (Å²) in [6.45, 7) is 6.58. The molecule has 2 atom stereocenters. The topological polar surface area (TPSA) is 55.8 Å². The second kappa shape index (κ2) is 9.34. The molecule has 4 heteroatoms. The average Bonchev–Trinajstić information content (AvgIpc) is 2.54. The molecular weight excluding hydrogens is 280 g/mol. The fourth-order valence-corrected chi connectivity index (χ4v) is 2.32. The Morgan fingerprint density at radius 1 is 1.32 bits per heavy atom. The normalized spacial score (nSPS) is 13.5. The Balaban J connectivity index is 2.61. The van der Waals surface area contributed by atoms with Gasteiger partial charge in [0.2, 0.25) is 0 Å². The quantitative estimate of drug-likeness (QED) is 0.692. The largest absolute Gasteiger partial charge is 0.504 e. The Morgan fingerprint density at radius 2 is 2.05 bits per heavy atom. The van der Waals surface area contributed by atoms with Crippen LogP contribution in [0.2, 0.25) is 0 Å². The molecule has 1 aromatic rings. The highest BCUT2D eigenvalue weighted by Crippen LogP contribution is 2.30. The van der Waals surface area contributed by atoms with Crippen LogP contribution in [0.25, 0.3) is 0 Å². The van der Waals surface area contributed by atoms with Crippen LogP contribution in [0.1, 0.15) is 57.9 Å². The van der Waals surface area contributed by atoms with Crippen LogP contribution < -0.4 is 4.74 Å². The minimum absolute atomic E-state index is 0.0671. The second-order valence-electron chi connectivity index (χ2n) is 5.70. The summed E-state index contributed by atoms with van der Waals surface area (Å²) in [4.78, 5) is 12.2. The van der Waals surface area contributed by atoms with Crippen molar-refractivity contribution < 1.29 is 19.4 Å². The molecule has 0 amide bonds. The lowest BCUT2D eigenvalue weighted by atomic mass is 9.99. The van der Waals surface area contributed by atoms with Crippen molar-refractivity contribution in [3.05, 3.63) is 23.8 Å². The van der Waals surface area contributed by atoms with Crippen molar-refractivity contribution in [1.82, 2.24) is 0 Å². The maximum Gasteiger partial charge on any atom is 0.313 e. The van der Waals surface area contributed by atoms with Crippen molar-refractivity contribution in [3.8, 4) is 11.5 Å². The van der Waals surface area contributed by atoms with E-state index in [1.807, 2.05) is 0 Å². The first kappa shape index (κ1) is 18.3. The molecule has 1 aromatic carbocycles. The molecule has 0 aromatic heterocycles. The summed E-state index contributed by atoms with van der Waals surface area (Å²) >= 11 is 0. The van der Waals surface area contributed by atoms with Crippen LogP contribution in [-0.4, -0.2) is 24.8 Å². The van der Waals surface area contributed by atoms with Crippen LogP contribution in [0.4, 0.5) is 0 Å². The van der Waals surface area contributed by atoms with Gasteiger partial charge in [0.15, 0.2) is 11.5 Å². The predicted molar refractivity (Wildman–Crippen MR) is 87.3 cm³/mol. The van der Waals surface area contributed by atoms with Crippen molar-refractivity contribution >= 4 is 5.97 Å². The minimum atomic E-state index is -0.377. The molecule has 2 unspecified atom stereocenters. The van der Waals surface area contributed by atoms with Crippen molar-refractivity contribution in [2.75, 3.05) is 13.7 Å². The number of ether oxygens (including phenoxy) is 2. The molecule has 0 fully saturated rings. The summed E-state index contributed by atoms with van der Waals surface area (Å²) in [7, 11) is 1.49. The number of rotatable bonds is 9. The molecule has 0 aliphatic heterocycles. The Labute approximate surface area is 133 Å². The standard InChI is InChI=1S/C18H28O4/c1-5-7-8-14(6-2)12-22-18(20)13(3)15-9-10-16(19)17(11-15)21-4/h9-11,13-14,19H,5-8,12H2,1-4H3. The Morgan fingerprint density at radius 3 is 2.64 bits per heavy atom. The van der Waals surface area contributed by atoms with Gasteiger partial charge < -0.3 is 14.6 Å². The van der Waals surface area contributed by atoms with Gasteiger partial charge in [-0.1, -0.05) is 39.2 Å². The summed E-state index contributed by atoms with van der Waals surface area (Å²) in [6.07, 6.45) is 4.45. The van der Waals surface area contributed by atoms with E-state index in [0.29, 0.717) is 18.3 Å². The number of esters is 1. The molecule has 1 rings (SSSR count). The van der Waals surface area contributed by atoms with Gasteiger partial charge in [-0.05, 0) is 37.0 Å². The number of hydrogen-bond donors (Lipinski definition) is 1. The molecule has 124 valence electrons. The molecule has 22 heavy (non-hydrogen) atoms. The lowest BCUT2D eigenvalue weighted by Gasteiger charge is -2.17. The first-order chi connectivity index (χ1) is 10.5. The van der Waals surface area contributed by atoms with Gasteiger partial charge in [-0.25, -0.2) is 0 Å². The van der Waals surface area contributed by atoms with Crippen molar-refractivity contribution in [2.24, 2.45) is 5.92 Å². The molecule has 0 radical (unpaired) electrons. The molecule has 4 nitrogen and oxygen atoms in total. The lowest BCUT2D eigenvalue weighted by molar-refractivity contribution is -0.146. The van der Waals surface area contributed by atoms with E-state index in [4.69, 9.17) is 9.47 Å². The molecule has 0 aliphatic carbocycles. The summed E-state index contributed by atoms with van der Waals surface area (Å²) in [5.41, 5.74) is 0.779. The molecular formula is C18H28O4. The van der Waals surface area contributed by atoms with Gasteiger partial charge in [-0.3, -0.25) is 4.79 Å². The highest BCUT2D eigenvalue weighted by atomic mass is 16.5. The van der Waals surface area contributed by atoms with Crippen LogP contribution in [0.3, 0.4) is 0 Å². The number of carbonyl (C=O) groups is 1. The van der Waals surface area contributed by atoms with E-state index >= 15 is 0 Å². The second-order valence-corrected chi connectivity index (χ2v) is 5.70. The number of unbranched alkanes of at least 4 members (excludes halogenated alkanes) is 1. The van der Waals surface area contributed by atoms with E-state index in [1.165, 1.54) is 19.6 Å². The third-order valence-electron chi connectivity index (χ3n) is 4.06. The van der Waals surface area contributed by atoms with E-state index in [-0.39, 0.29) is 17.6 Å². The van der Waals surface area contributed by atoms with E-state index in [9.17, 15) is 9.90 Å². The molecule has 0 heterocycles. The van der Waals surface area contributed by atoms with Gasteiger partial charge in [0.1, 0.15) is 0 Å². The number of phenolic OH excluding ortho intramolecular Hbond substituents is 1. The van der Waals surface area contributed by atoms with E-state index in [1.54, 1.807) is 19.1 Å². The summed E-state index contributed by atoms with van der Waals surface area (Å²) in [5.74, 6) is 0.260. The smallest absolute Gasteiger partial charge is 0.313 e. The number of phenols is 1. The number of hydrogen-bond acceptors (Lipinski definition) is 4. The maximum absolute atomic E-state index is 12.2. The first-order valence-corrected chi connectivity index (χ1v) is 8.06. The van der Waals surface area contributed by atoms with E-state index in [0.717, 1.165) is 24.8 Å². The van der Waals surface area contributed by atoms with Crippen molar-refractivity contribution in [2.45, 2.75) is 52.4 Å². The zero-order chi connectivity index (χ0) is 16.5. The highest BCUT2D eigenvalue weighted by Gasteiger charge is 2.19. The van der Waals surface area contributed by atoms with Gasteiger partial charge in [0, 0.05) is 0 Å². The molecule has 1 N–H and O–H groups in total. The zero-order valence-electron chi connectivity index (χ0n) is 14.1. The minimum Gasteiger partial charge on any atom is -0.504 e. The molecule has 0 saturated heterocycles. The van der Waals surface area contributed by atoms with Crippen LogP contribution in [0.15, 0.2) is 18.2 Å². The maximum atomic E-state index is 12.2. The Bertz CT molecular complexity index is 470. The molecule has 0 bridgehead atoms. The number of benzene rings is 1. The van der Waals surface area contributed by atoms with Gasteiger partial charge >= 0.3 is 5.97 Å². The fraction of sp³-hybridized carbons (Fsp3) is 0.611. The van der Waals surface area contributed by atoms with Crippen molar-refractivity contribution in [1.29, 1.82) is 0 Å². The van der Waals surface area contributed by atoms with Crippen LogP contribution in [0.5, 0.6) is 11.5 Å². The zero-order valence-corrected chi connectivity index (χ0v) is 14.1. The third kappa shape index (κ3) is 5.24. The summed E-state index contributed by atoms with van der Waals surface area (Å²) in [6, 6.07) is 4.93. The van der Waals surface area contributed by atoms with Crippen LogP contribution >= 0.6 is 0 Å². The first-order valence-electron chi connectivity index (χ1n) is 8.06. The average molecular weight is 308 g/mol. The molecule has 0 saturated carbocycles. The van der Waals surface area contributed by atoms with E-state index < -0.39 is 0 Å². The Hall–Kier alpha value is -1.71. The van der Waals surface area contributed by atoms with Gasteiger partial charge in [0.05, 0.1) is 19.6 Å².